The van der Waals surface area contributed by atoms with Crippen molar-refractivity contribution in [2.75, 3.05) is 0 Å². The Hall–Kier alpha value is -0.620. The zero-order valence-corrected chi connectivity index (χ0v) is 28.9. The summed E-state index contributed by atoms with van der Waals surface area (Å²) in [6.45, 7) is 9.12. The molecule has 0 aliphatic heterocycles. The molecule has 0 unspecified atom stereocenters. The topological polar surface area (TPSA) is 17.6 Å². The van der Waals surface area contributed by atoms with Crippen molar-refractivity contribution < 1.29 is 43.1 Å². The van der Waals surface area contributed by atoms with Gasteiger partial charge < -0.3 is 34.0 Å². The molecule has 2 heterocycles. The molecular formula is C33H62Br2N4. The van der Waals surface area contributed by atoms with Crippen molar-refractivity contribution in [2.24, 2.45) is 0 Å². The summed E-state index contributed by atoms with van der Waals surface area (Å²) < 4.78 is 9.47. The molecule has 0 amide bonds. The largest absolute Gasteiger partial charge is 1.00 e. The number of aromatic nitrogens is 4. The summed E-state index contributed by atoms with van der Waals surface area (Å²) in [5.74, 6) is 0. The molecule has 0 atom stereocenters. The van der Waals surface area contributed by atoms with Gasteiger partial charge in [-0.1, -0.05) is 117 Å². The molecule has 0 aliphatic rings. The van der Waals surface area contributed by atoms with Gasteiger partial charge in [0.25, 0.3) is 0 Å². The van der Waals surface area contributed by atoms with Gasteiger partial charge in [0.1, 0.15) is 24.8 Å². The third kappa shape index (κ3) is 20.8. The number of rotatable bonds is 26. The van der Waals surface area contributed by atoms with Crippen molar-refractivity contribution >= 4 is 0 Å². The summed E-state index contributed by atoms with van der Waals surface area (Å²) in [6.07, 6.45) is 42.9. The third-order valence-corrected chi connectivity index (χ3v) is 7.86. The normalized spacial score (nSPS) is 10.9. The monoisotopic (exact) mass is 672 g/mol. The minimum absolute atomic E-state index is 0. The van der Waals surface area contributed by atoms with Crippen LogP contribution >= 0.6 is 0 Å². The van der Waals surface area contributed by atoms with Crippen molar-refractivity contribution in [1.82, 2.24) is 9.13 Å². The van der Waals surface area contributed by atoms with E-state index in [2.05, 4.69) is 69.6 Å². The lowest BCUT2D eigenvalue weighted by Crippen LogP contribution is -3.00. The molecule has 0 bridgehead atoms. The molecule has 0 aliphatic carbocycles. The molecule has 0 aromatic carbocycles. The maximum Gasteiger partial charge on any atom is 0.243 e. The van der Waals surface area contributed by atoms with E-state index < -0.39 is 0 Å². The fraction of sp³-hybridized carbons (Fsp3) is 0.818. The van der Waals surface area contributed by atoms with Gasteiger partial charge in [-0.15, -0.1) is 0 Å². The number of hydrogen-bond acceptors (Lipinski definition) is 0. The molecule has 0 radical (unpaired) electrons. The highest BCUT2D eigenvalue weighted by Crippen LogP contribution is 2.12. The van der Waals surface area contributed by atoms with Gasteiger partial charge in [-0.2, -0.15) is 0 Å². The highest BCUT2D eigenvalue weighted by atomic mass is 79.9. The first-order chi connectivity index (χ1) is 18.3. The van der Waals surface area contributed by atoms with Crippen LogP contribution in [-0.4, -0.2) is 9.13 Å². The quantitative estimate of drug-likeness (QED) is 0.108. The molecule has 0 fully saturated rings. The van der Waals surface area contributed by atoms with Crippen molar-refractivity contribution in [2.45, 2.75) is 175 Å². The van der Waals surface area contributed by atoms with E-state index in [1.165, 1.54) is 148 Å². The Labute approximate surface area is 263 Å². The Bertz CT molecular complexity index is 696. The molecule has 228 valence electrons. The van der Waals surface area contributed by atoms with Gasteiger partial charge in [0, 0.05) is 6.42 Å². The number of imidazole rings is 2. The predicted octanol–water partition coefficient (Wildman–Crippen LogP) is 2.80. The zero-order chi connectivity index (χ0) is 26.2. The van der Waals surface area contributed by atoms with Crippen LogP contribution in [0.1, 0.15) is 149 Å². The second-order valence-electron chi connectivity index (χ2n) is 11.5. The molecule has 0 N–H and O–H groups in total. The number of nitrogens with zero attached hydrogens (tertiary/aromatic N) is 4. The molecule has 0 spiro atoms. The molecule has 6 heteroatoms. The second-order valence-corrected chi connectivity index (χ2v) is 11.5. The smallest absolute Gasteiger partial charge is 0.243 e. The first-order valence-electron chi connectivity index (χ1n) is 16.4. The molecule has 4 nitrogen and oxygen atoms in total. The highest BCUT2D eigenvalue weighted by Gasteiger charge is 2.07. The van der Waals surface area contributed by atoms with E-state index in [-0.39, 0.29) is 34.0 Å². The van der Waals surface area contributed by atoms with Gasteiger partial charge in [0.15, 0.2) is 0 Å². The molecule has 2 aromatic rings. The summed E-state index contributed by atoms with van der Waals surface area (Å²) >= 11 is 0. The Morgan fingerprint density at radius 2 is 0.718 bits per heavy atom. The summed E-state index contributed by atoms with van der Waals surface area (Å²) in [4.78, 5) is 0. The van der Waals surface area contributed by atoms with Crippen LogP contribution < -0.4 is 43.1 Å². The molecule has 39 heavy (non-hydrogen) atoms. The molecule has 2 aromatic heterocycles. The Morgan fingerprint density at radius 3 is 1.05 bits per heavy atom. The van der Waals surface area contributed by atoms with Crippen LogP contribution in [0.4, 0.5) is 0 Å². The zero-order valence-electron chi connectivity index (χ0n) is 25.7. The molecular weight excluding hydrogens is 612 g/mol. The molecule has 2 rings (SSSR count). The number of unbranched alkanes of at least 4 members (excludes halogenated alkanes) is 18. The van der Waals surface area contributed by atoms with E-state index in [9.17, 15) is 0 Å². The fourth-order valence-electron chi connectivity index (χ4n) is 5.41. The number of hydrogen-bond donors (Lipinski definition) is 0. The van der Waals surface area contributed by atoms with Crippen LogP contribution in [0.2, 0.25) is 0 Å². The summed E-state index contributed by atoms with van der Waals surface area (Å²) in [6, 6.07) is 0. The van der Waals surface area contributed by atoms with Crippen LogP contribution in [0.25, 0.3) is 0 Å². The van der Waals surface area contributed by atoms with E-state index in [0.29, 0.717) is 0 Å². The molecule has 0 saturated carbocycles. The minimum Gasteiger partial charge on any atom is -1.00 e. The molecule has 0 saturated heterocycles. The maximum atomic E-state index is 2.38. The first kappa shape index (κ1) is 38.4. The SMILES string of the molecule is CCCCCCCCCCCCn1cc[n+](CCC[n+]2ccn(CCCCCCCCCCCC)c2)c1.[Br-].[Br-]. The van der Waals surface area contributed by atoms with Gasteiger partial charge >= 0.3 is 0 Å². The second kappa shape index (κ2) is 27.5. The van der Waals surface area contributed by atoms with Crippen molar-refractivity contribution in [3.8, 4) is 0 Å². The lowest BCUT2D eigenvalue weighted by atomic mass is 10.1. The van der Waals surface area contributed by atoms with E-state index in [4.69, 9.17) is 0 Å². The lowest BCUT2D eigenvalue weighted by molar-refractivity contribution is -0.726. The van der Waals surface area contributed by atoms with Crippen molar-refractivity contribution in [3.63, 3.8) is 0 Å². The van der Waals surface area contributed by atoms with E-state index in [1.54, 1.807) is 0 Å². The maximum absolute atomic E-state index is 2.38. The van der Waals surface area contributed by atoms with Crippen LogP contribution in [-0.2, 0) is 26.2 Å². The van der Waals surface area contributed by atoms with Crippen LogP contribution in [0.15, 0.2) is 37.4 Å². The van der Waals surface area contributed by atoms with E-state index >= 15 is 0 Å². The van der Waals surface area contributed by atoms with Gasteiger partial charge in [0.05, 0.1) is 26.2 Å². The summed E-state index contributed by atoms with van der Waals surface area (Å²) in [5, 5.41) is 0. The standard InChI is InChI=1S/C33H62N4.2BrH/c1-3-5-7-9-11-13-15-17-19-21-24-34-28-30-36(32-34)26-23-27-37-31-29-35(33-37)25-22-20-18-16-14-12-10-8-6-4-2;;/h28-33H,3-27H2,1-2H3;2*1H/q+2;;/p-2. The van der Waals surface area contributed by atoms with Crippen molar-refractivity contribution in [1.29, 1.82) is 0 Å². The third-order valence-electron chi connectivity index (χ3n) is 7.86. The number of halogens is 2. The van der Waals surface area contributed by atoms with Crippen molar-refractivity contribution in [3.05, 3.63) is 37.4 Å². The first-order valence-corrected chi connectivity index (χ1v) is 16.4. The number of aryl methyl sites for hydroxylation is 4. The van der Waals surface area contributed by atoms with E-state index in [0.717, 1.165) is 13.1 Å². The van der Waals surface area contributed by atoms with Gasteiger partial charge in [0.2, 0.25) is 12.7 Å². The van der Waals surface area contributed by atoms with Gasteiger partial charge in [-0.25, -0.2) is 18.3 Å². The summed E-state index contributed by atoms with van der Waals surface area (Å²) in [5.41, 5.74) is 0. The Balaban J connectivity index is 0.00000722. The van der Waals surface area contributed by atoms with Crippen LogP contribution in [0, 0.1) is 0 Å². The van der Waals surface area contributed by atoms with Crippen LogP contribution in [0.5, 0.6) is 0 Å². The lowest BCUT2D eigenvalue weighted by Gasteiger charge is -2.01. The van der Waals surface area contributed by atoms with Gasteiger partial charge in [-0.05, 0) is 25.7 Å². The summed E-state index contributed by atoms with van der Waals surface area (Å²) in [7, 11) is 0. The minimum atomic E-state index is 0. The average molecular weight is 675 g/mol. The van der Waals surface area contributed by atoms with E-state index in [1.807, 2.05) is 0 Å². The van der Waals surface area contributed by atoms with Gasteiger partial charge in [-0.3, -0.25) is 0 Å². The highest BCUT2D eigenvalue weighted by molar-refractivity contribution is 4.67. The fourth-order valence-corrected chi connectivity index (χ4v) is 5.41. The average Bonchev–Trinajstić information content (AvgIpc) is 3.56. The Kier molecular flexibility index (Phi) is 27.1. The Morgan fingerprint density at radius 1 is 0.410 bits per heavy atom. The predicted molar refractivity (Wildman–Crippen MR) is 158 cm³/mol. The van der Waals surface area contributed by atoms with Crippen LogP contribution in [0.3, 0.4) is 0 Å².